The number of ether oxygens (including phenoxy) is 5. The van der Waals surface area contributed by atoms with Gasteiger partial charge in [0.25, 0.3) is 0 Å². The minimum atomic E-state index is 0.221. The third-order valence-electron chi connectivity index (χ3n) is 6.02. The maximum atomic E-state index is 5.67. The van der Waals surface area contributed by atoms with Gasteiger partial charge >= 0.3 is 0 Å². The number of rotatable bonds is 6. The number of hydrogen-bond donors (Lipinski definition) is 0. The van der Waals surface area contributed by atoms with Crippen molar-refractivity contribution in [1.82, 2.24) is 0 Å². The number of para-hydroxylation sites is 1. The molecular formula is C26H27NO5S. The summed E-state index contributed by atoms with van der Waals surface area (Å²) in [6.45, 7) is 1.84. The summed E-state index contributed by atoms with van der Waals surface area (Å²) in [5.41, 5.74) is 3.51. The van der Waals surface area contributed by atoms with Gasteiger partial charge in [-0.2, -0.15) is 0 Å². The number of anilines is 1. The van der Waals surface area contributed by atoms with Gasteiger partial charge in [-0.1, -0.05) is 18.2 Å². The molecular weight excluding hydrogens is 438 g/mol. The van der Waals surface area contributed by atoms with E-state index in [9.17, 15) is 0 Å². The first-order chi connectivity index (χ1) is 16.2. The van der Waals surface area contributed by atoms with Crippen molar-refractivity contribution in [2.75, 3.05) is 39.6 Å². The topological polar surface area (TPSA) is 49.4 Å². The van der Waals surface area contributed by atoms with E-state index in [4.69, 9.17) is 23.7 Å². The number of methoxy groups -OCH3 is 3. The zero-order valence-corrected chi connectivity index (χ0v) is 19.8. The second kappa shape index (κ2) is 9.35. The van der Waals surface area contributed by atoms with Crippen molar-refractivity contribution < 1.29 is 23.7 Å². The summed E-state index contributed by atoms with van der Waals surface area (Å²) in [5, 5.41) is 0.267. The molecule has 0 radical (unpaired) electrons. The third kappa shape index (κ3) is 4.25. The molecule has 3 aromatic carbocycles. The van der Waals surface area contributed by atoms with Gasteiger partial charge in [-0.3, -0.25) is 0 Å². The maximum Gasteiger partial charge on any atom is 0.231 e. The molecule has 0 fully saturated rings. The monoisotopic (exact) mass is 465 g/mol. The zero-order valence-electron chi connectivity index (χ0n) is 19.0. The van der Waals surface area contributed by atoms with Crippen molar-refractivity contribution in [2.45, 2.75) is 23.1 Å². The van der Waals surface area contributed by atoms with Crippen LogP contribution in [0.4, 0.5) is 5.69 Å². The molecule has 0 unspecified atom stereocenters. The lowest BCUT2D eigenvalue weighted by Crippen LogP contribution is -2.24. The van der Waals surface area contributed by atoms with Crippen LogP contribution in [0.1, 0.15) is 22.8 Å². The van der Waals surface area contributed by atoms with Crippen LogP contribution in [0.25, 0.3) is 0 Å². The highest BCUT2D eigenvalue weighted by atomic mass is 32.2. The number of nitrogens with zero attached hydrogens (tertiary/aromatic N) is 1. The van der Waals surface area contributed by atoms with E-state index >= 15 is 0 Å². The summed E-state index contributed by atoms with van der Waals surface area (Å²) in [4.78, 5) is 3.60. The van der Waals surface area contributed by atoms with Gasteiger partial charge in [-0.05, 0) is 48.4 Å². The second-order valence-corrected chi connectivity index (χ2v) is 9.17. The van der Waals surface area contributed by atoms with Crippen molar-refractivity contribution in [2.24, 2.45) is 0 Å². The van der Waals surface area contributed by atoms with Crippen LogP contribution in [0, 0.1) is 0 Å². The third-order valence-corrected chi connectivity index (χ3v) is 7.37. The Morgan fingerprint density at radius 1 is 0.939 bits per heavy atom. The smallest absolute Gasteiger partial charge is 0.231 e. The molecule has 33 heavy (non-hydrogen) atoms. The van der Waals surface area contributed by atoms with E-state index in [0.29, 0.717) is 11.5 Å². The molecule has 7 heteroatoms. The molecule has 5 rings (SSSR count). The lowest BCUT2D eigenvalue weighted by atomic mass is 10.1. The SMILES string of the molecule is COc1ccc2c(c1)S[C@H](c1ccccc1OC)CCN2Cc1cc(OC)c2c(c1)OCO2. The van der Waals surface area contributed by atoms with Gasteiger partial charge in [0.1, 0.15) is 11.5 Å². The van der Waals surface area contributed by atoms with Crippen LogP contribution in [-0.4, -0.2) is 34.7 Å². The Balaban J connectivity index is 1.50. The highest BCUT2D eigenvalue weighted by Crippen LogP contribution is 2.49. The van der Waals surface area contributed by atoms with Crippen molar-refractivity contribution >= 4 is 17.4 Å². The fraction of sp³-hybridized carbons (Fsp3) is 0.308. The number of fused-ring (bicyclic) bond motifs is 2. The van der Waals surface area contributed by atoms with E-state index in [1.165, 1.54) is 16.1 Å². The molecule has 6 nitrogen and oxygen atoms in total. The molecule has 0 saturated carbocycles. The summed E-state index contributed by atoms with van der Waals surface area (Å²) in [7, 11) is 5.09. The van der Waals surface area contributed by atoms with Gasteiger partial charge in [0.2, 0.25) is 12.5 Å². The Kier molecular flexibility index (Phi) is 6.13. The van der Waals surface area contributed by atoms with Crippen molar-refractivity contribution in [3.05, 3.63) is 65.7 Å². The quantitative estimate of drug-likeness (QED) is 0.464. The highest BCUT2D eigenvalue weighted by Gasteiger charge is 2.27. The fourth-order valence-electron chi connectivity index (χ4n) is 4.39. The van der Waals surface area contributed by atoms with Gasteiger partial charge < -0.3 is 28.6 Å². The molecule has 0 bridgehead atoms. The zero-order chi connectivity index (χ0) is 22.8. The molecule has 0 spiro atoms. The highest BCUT2D eigenvalue weighted by molar-refractivity contribution is 7.99. The van der Waals surface area contributed by atoms with Crippen LogP contribution in [0.15, 0.2) is 59.5 Å². The molecule has 3 aromatic rings. The number of hydrogen-bond acceptors (Lipinski definition) is 7. The minimum Gasteiger partial charge on any atom is -0.497 e. The molecule has 0 N–H and O–H groups in total. The Morgan fingerprint density at radius 2 is 1.79 bits per heavy atom. The van der Waals surface area contributed by atoms with Crippen LogP contribution >= 0.6 is 11.8 Å². The summed E-state index contributed by atoms with van der Waals surface area (Å²) >= 11 is 1.86. The Morgan fingerprint density at radius 3 is 2.61 bits per heavy atom. The largest absolute Gasteiger partial charge is 0.497 e. The molecule has 1 atom stereocenters. The molecule has 2 heterocycles. The van der Waals surface area contributed by atoms with Gasteiger partial charge in [-0.25, -0.2) is 0 Å². The summed E-state index contributed by atoms with van der Waals surface area (Å²) in [6.07, 6.45) is 0.976. The van der Waals surface area contributed by atoms with E-state index in [2.05, 4.69) is 29.2 Å². The van der Waals surface area contributed by atoms with Crippen LogP contribution < -0.4 is 28.6 Å². The molecule has 0 aliphatic carbocycles. The number of thioether (sulfide) groups is 1. The Bertz CT molecular complexity index is 1150. The molecule has 0 aromatic heterocycles. The van der Waals surface area contributed by atoms with Crippen LogP contribution in [0.3, 0.4) is 0 Å². The van der Waals surface area contributed by atoms with Gasteiger partial charge in [0, 0.05) is 28.8 Å². The maximum absolute atomic E-state index is 5.67. The molecule has 0 amide bonds. The van der Waals surface area contributed by atoms with Crippen LogP contribution in [0.2, 0.25) is 0 Å². The van der Waals surface area contributed by atoms with E-state index in [1.807, 2.05) is 42.1 Å². The van der Waals surface area contributed by atoms with E-state index in [1.54, 1.807) is 21.3 Å². The van der Waals surface area contributed by atoms with Gasteiger partial charge in [0.15, 0.2) is 11.5 Å². The number of benzene rings is 3. The molecule has 0 saturated heterocycles. The van der Waals surface area contributed by atoms with E-state index in [-0.39, 0.29) is 12.0 Å². The van der Waals surface area contributed by atoms with Crippen molar-refractivity contribution in [3.63, 3.8) is 0 Å². The summed E-state index contributed by atoms with van der Waals surface area (Å²) < 4.78 is 28.0. The van der Waals surface area contributed by atoms with Gasteiger partial charge in [0.05, 0.1) is 27.0 Å². The first-order valence-corrected chi connectivity index (χ1v) is 11.8. The Hall–Kier alpha value is -3.19. The van der Waals surface area contributed by atoms with E-state index < -0.39 is 0 Å². The molecule has 172 valence electrons. The lowest BCUT2D eigenvalue weighted by Gasteiger charge is -2.25. The standard InChI is InChI=1S/C26H27NO5S/c1-28-18-8-9-20-25(14-18)33-24(19-6-4-5-7-21(19)29-2)10-11-27(20)15-17-12-22(30-3)26-23(13-17)31-16-32-26/h4-9,12-14,24H,10-11,15-16H2,1-3H3/t24-/m0/s1. The Labute approximate surface area is 198 Å². The predicted molar refractivity (Wildman–Crippen MR) is 129 cm³/mol. The average Bonchev–Trinajstić information content (AvgIpc) is 3.26. The molecule has 2 aliphatic rings. The summed E-state index contributed by atoms with van der Waals surface area (Å²) in [6, 6.07) is 18.7. The normalized spacial score (nSPS) is 16.7. The second-order valence-electron chi connectivity index (χ2n) is 7.92. The van der Waals surface area contributed by atoms with Gasteiger partial charge in [-0.15, -0.1) is 11.8 Å². The average molecular weight is 466 g/mol. The van der Waals surface area contributed by atoms with Crippen LogP contribution in [-0.2, 0) is 6.54 Å². The fourth-order valence-corrected chi connectivity index (χ4v) is 5.75. The lowest BCUT2D eigenvalue weighted by molar-refractivity contribution is 0.171. The van der Waals surface area contributed by atoms with Crippen LogP contribution in [0.5, 0.6) is 28.7 Å². The first kappa shape index (κ1) is 21.6. The van der Waals surface area contributed by atoms with Crippen molar-refractivity contribution in [1.29, 1.82) is 0 Å². The van der Waals surface area contributed by atoms with Crippen molar-refractivity contribution in [3.8, 4) is 28.7 Å². The first-order valence-electron chi connectivity index (χ1n) is 10.9. The summed E-state index contributed by atoms with van der Waals surface area (Å²) in [5.74, 6) is 3.88. The predicted octanol–water partition coefficient (Wildman–Crippen LogP) is 5.68. The molecule has 2 aliphatic heterocycles. The minimum absolute atomic E-state index is 0.221. The van der Waals surface area contributed by atoms with E-state index in [0.717, 1.165) is 42.3 Å².